The van der Waals surface area contributed by atoms with Crippen LogP contribution in [-0.4, -0.2) is 51.6 Å². The van der Waals surface area contributed by atoms with Crippen LogP contribution in [0.15, 0.2) is 82.7 Å². The van der Waals surface area contributed by atoms with E-state index in [1.54, 1.807) is 67.8 Å². The topological polar surface area (TPSA) is 127 Å². The van der Waals surface area contributed by atoms with Gasteiger partial charge in [-0.1, -0.05) is 12.1 Å². The summed E-state index contributed by atoms with van der Waals surface area (Å²) >= 11 is 1.20. The van der Waals surface area contributed by atoms with E-state index in [1.165, 1.54) is 30.0 Å². The van der Waals surface area contributed by atoms with Gasteiger partial charge in [-0.05, 0) is 72.8 Å². The fourth-order valence-corrected chi connectivity index (χ4v) is 4.52. The summed E-state index contributed by atoms with van der Waals surface area (Å²) in [6, 6.07) is 15.1. The number of carbonyl (C=O) groups excluding carboxylic acids is 2. The highest BCUT2D eigenvalue weighted by Crippen LogP contribution is 2.33. The number of hydrazone groups is 1. The summed E-state index contributed by atoms with van der Waals surface area (Å²) in [7, 11) is 1.52. The molecule has 5 rings (SSSR count). The third-order valence-electron chi connectivity index (χ3n) is 5.45. The molecule has 190 valence electrons. The molecule has 1 amide bonds. The Labute approximate surface area is 222 Å². The van der Waals surface area contributed by atoms with E-state index in [4.69, 9.17) is 19.6 Å². The highest BCUT2D eigenvalue weighted by molar-refractivity contribution is 8.27. The zero-order valence-electron chi connectivity index (χ0n) is 20.4. The summed E-state index contributed by atoms with van der Waals surface area (Å²) < 4.78 is 16.4. The number of methoxy groups -OCH3 is 1. The normalized spacial score (nSPS) is 15.6. The molecule has 0 fully saturated rings. The smallest absolute Gasteiger partial charge is 0.343 e. The number of amides is 1. The lowest BCUT2D eigenvalue weighted by molar-refractivity contribution is -0.114. The molecule has 0 unspecified atom stereocenters. The lowest BCUT2D eigenvalue weighted by Crippen LogP contribution is -2.35. The minimum atomic E-state index is -0.573. The summed E-state index contributed by atoms with van der Waals surface area (Å²) in [4.78, 5) is 33.7. The van der Waals surface area contributed by atoms with Crippen molar-refractivity contribution >= 4 is 45.8 Å². The predicted molar refractivity (Wildman–Crippen MR) is 144 cm³/mol. The molecule has 38 heavy (non-hydrogen) atoms. The molecule has 0 aliphatic carbocycles. The predicted octanol–water partition coefficient (Wildman–Crippen LogP) is 4.38. The first kappa shape index (κ1) is 24.9. The molecule has 3 heterocycles. The SMILES string of the molecule is CCOc1cc(C=C2C(=N)N3N=C(c4cccnc4)SC3=NC2=O)ccc1OC(=O)c1cccc(OC)c1. The Morgan fingerprint density at radius 3 is 2.76 bits per heavy atom. The molecule has 0 saturated heterocycles. The highest BCUT2D eigenvalue weighted by atomic mass is 32.2. The number of thioether (sulfide) groups is 1. The first-order chi connectivity index (χ1) is 18.5. The van der Waals surface area contributed by atoms with Crippen LogP contribution < -0.4 is 14.2 Å². The van der Waals surface area contributed by atoms with Gasteiger partial charge in [0.25, 0.3) is 5.91 Å². The van der Waals surface area contributed by atoms with Crippen molar-refractivity contribution in [1.82, 2.24) is 9.99 Å². The number of fused-ring (bicyclic) bond motifs is 1. The number of hydrogen-bond donors (Lipinski definition) is 1. The number of pyridine rings is 1. The van der Waals surface area contributed by atoms with Gasteiger partial charge in [-0.3, -0.25) is 15.2 Å². The zero-order chi connectivity index (χ0) is 26.6. The van der Waals surface area contributed by atoms with Crippen molar-refractivity contribution in [2.45, 2.75) is 6.92 Å². The van der Waals surface area contributed by atoms with E-state index in [2.05, 4.69) is 15.1 Å². The quantitative estimate of drug-likeness (QED) is 0.273. The summed E-state index contributed by atoms with van der Waals surface area (Å²) in [5.41, 5.74) is 1.71. The fourth-order valence-electron chi connectivity index (χ4n) is 3.64. The lowest BCUT2D eigenvalue weighted by Gasteiger charge is -2.20. The molecule has 0 radical (unpaired) electrons. The van der Waals surface area contributed by atoms with Crippen LogP contribution in [0.3, 0.4) is 0 Å². The maximum absolute atomic E-state index is 12.8. The van der Waals surface area contributed by atoms with Crippen LogP contribution in [0.5, 0.6) is 17.2 Å². The molecule has 0 saturated carbocycles. The number of benzene rings is 2. The number of nitrogens with zero attached hydrogens (tertiary/aromatic N) is 4. The number of aliphatic imine (C=N–C) groups is 1. The molecular formula is C27H21N5O5S. The van der Waals surface area contributed by atoms with Gasteiger partial charge in [-0.15, -0.1) is 0 Å². The zero-order valence-corrected chi connectivity index (χ0v) is 21.2. The van der Waals surface area contributed by atoms with Crippen LogP contribution in [0.4, 0.5) is 0 Å². The monoisotopic (exact) mass is 527 g/mol. The Morgan fingerprint density at radius 2 is 2.00 bits per heavy atom. The maximum Gasteiger partial charge on any atom is 0.343 e. The number of aromatic nitrogens is 1. The fraction of sp³-hybridized carbons (Fsp3) is 0.111. The molecule has 1 N–H and O–H groups in total. The first-order valence-corrected chi connectivity index (χ1v) is 12.3. The van der Waals surface area contributed by atoms with Gasteiger partial charge in [0.1, 0.15) is 10.8 Å². The second-order valence-electron chi connectivity index (χ2n) is 7.93. The number of nitrogens with one attached hydrogen (secondary N) is 1. The number of ether oxygens (including phenoxy) is 3. The summed E-state index contributed by atoms with van der Waals surface area (Å²) in [5, 5.41) is 15.3. The van der Waals surface area contributed by atoms with Crippen LogP contribution in [0.25, 0.3) is 6.08 Å². The van der Waals surface area contributed by atoms with Gasteiger partial charge < -0.3 is 14.2 Å². The molecule has 11 heteroatoms. The molecule has 2 aromatic carbocycles. The number of carbonyl (C=O) groups is 2. The average molecular weight is 528 g/mol. The van der Waals surface area contributed by atoms with E-state index < -0.39 is 11.9 Å². The van der Waals surface area contributed by atoms with Crippen molar-refractivity contribution in [3.8, 4) is 17.2 Å². The van der Waals surface area contributed by atoms with Crippen molar-refractivity contribution in [3.63, 3.8) is 0 Å². The summed E-state index contributed by atoms with van der Waals surface area (Å²) in [5.74, 6) is -0.165. The van der Waals surface area contributed by atoms with Crippen LogP contribution in [0.2, 0.25) is 0 Å². The minimum absolute atomic E-state index is 0.0640. The van der Waals surface area contributed by atoms with Crippen LogP contribution in [0.1, 0.15) is 28.4 Å². The molecule has 2 aliphatic heterocycles. The van der Waals surface area contributed by atoms with Gasteiger partial charge in [0.15, 0.2) is 17.3 Å². The van der Waals surface area contributed by atoms with Crippen molar-refractivity contribution in [1.29, 1.82) is 5.41 Å². The van der Waals surface area contributed by atoms with Gasteiger partial charge >= 0.3 is 5.97 Å². The second kappa shape index (κ2) is 10.7. The second-order valence-corrected chi connectivity index (χ2v) is 8.88. The molecule has 0 bridgehead atoms. The molecule has 0 atom stereocenters. The molecule has 3 aromatic rings. The van der Waals surface area contributed by atoms with Crippen molar-refractivity contribution in [3.05, 3.63) is 89.3 Å². The Morgan fingerprint density at radius 1 is 1.13 bits per heavy atom. The Balaban J connectivity index is 1.40. The van der Waals surface area contributed by atoms with Crippen LogP contribution in [0, 0.1) is 5.41 Å². The van der Waals surface area contributed by atoms with Crippen LogP contribution in [-0.2, 0) is 4.79 Å². The molecule has 0 spiro atoms. The van der Waals surface area contributed by atoms with E-state index in [1.807, 2.05) is 6.07 Å². The Kier molecular flexibility index (Phi) is 7.00. The van der Waals surface area contributed by atoms with Crippen molar-refractivity contribution in [2.24, 2.45) is 10.1 Å². The van der Waals surface area contributed by atoms with Gasteiger partial charge in [-0.25, -0.2) is 4.79 Å². The van der Waals surface area contributed by atoms with E-state index in [0.717, 1.165) is 5.56 Å². The highest BCUT2D eigenvalue weighted by Gasteiger charge is 2.36. The number of hydrogen-bond acceptors (Lipinski definition) is 9. The van der Waals surface area contributed by atoms with Gasteiger partial charge in [0.05, 0.1) is 24.9 Å². The number of rotatable bonds is 7. The van der Waals surface area contributed by atoms with Gasteiger partial charge in [0.2, 0.25) is 5.17 Å². The van der Waals surface area contributed by atoms with Crippen molar-refractivity contribution < 1.29 is 23.8 Å². The number of esters is 1. The maximum atomic E-state index is 12.8. The standard InChI is InChI=1S/C27H21N5O5S/c1-3-36-22-13-16(9-10-21(22)37-26(34)17-6-4-8-19(14-17)35-2)12-20-23(28)32-27(30-24(20)33)38-25(31-32)18-7-5-11-29-15-18/h4-15,28H,3H2,1-2H3. The molecular weight excluding hydrogens is 506 g/mol. The third kappa shape index (κ3) is 5.04. The Bertz CT molecular complexity index is 1530. The van der Waals surface area contributed by atoms with E-state index in [-0.39, 0.29) is 17.2 Å². The van der Waals surface area contributed by atoms with E-state index in [9.17, 15) is 9.59 Å². The third-order valence-corrected chi connectivity index (χ3v) is 6.41. The Hall–Kier alpha value is -4.77. The largest absolute Gasteiger partial charge is 0.497 e. The van der Waals surface area contributed by atoms with Gasteiger partial charge in [0, 0.05) is 18.0 Å². The summed E-state index contributed by atoms with van der Waals surface area (Å²) in [6.45, 7) is 2.13. The minimum Gasteiger partial charge on any atom is -0.497 e. The molecule has 2 aliphatic rings. The molecule has 1 aromatic heterocycles. The van der Waals surface area contributed by atoms with E-state index in [0.29, 0.717) is 39.4 Å². The van der Waals surface area contributed by atoms with Gasteiger partial charge in [-0.2, -0.15) is 15.1 Å². The first-order valence-electron chi connectivity index (χ1n) is 11.5. The van der Waals surface area contributed by atoms with Crippen molar-refractivity contribution in [2.75, 3.05) is 13.7 Å². The average Bonchev–Trinajstić information content (AvgIpc) is 3.37. The van der Waals surface area contributed by atoms with E-state index >= 15 is 0 Å². The number of amidine groups is 2. The molecule has 10 nitrogen and oxygen atoms in total. The van der Waals surface area contributed by atoms with Crippen LogP contribution >= 0.6 is 11.8 Å². The summed E-state index contributed by atoms with van der Waals surface area (Å²) in [6.07, 6.45) is 4.84. The lowest BCUT2D eigenvalue weighted by atomic mass is 10.1.